The molecule has 0 aromatic rings. The second kappa shape index (κ2) is 40.5. The first kappa shape index (κ1) is 88.4. The summed E-state index contributed by atoms with van der Waals surface area (Å²) in [5.74, 6) is -6.86. The van der Waals surface area contributed by atoms with E-state index in [9.17, 15) is 9.59 Å². The summed E-state index contributed by atoms with van der Waals surface area (Å²) in [6.07, 6.45) is 20.1. The van der Waals surface area contributed by atoms with Gasteiger partial charge in [-0.2, -0.15) is 0 Å². The van der Waals surface area contributed by atoms with Gasteiger partial charge in [-0.05, 0) is 164 Å². The van der Waals surface area contributed by atoms with Gasteiger partial charge in [-0.3, -0.25) is 57.5 Å². The zero-order valence-corrected chi connectivity index (χ0v) is 69.4. The van der Waals surface area contributed by atoms with E-state index in [2.05, 4.69) is 16.0 Å². The van der Waals surface area contributed by atoms with Gasteiger partial charge in [0.1, 0.15) is 47.8 Å². The zero-order valence-electron chi connectivity index (χ0n) is 67.9. The van der Waals surface area contributed by atoms with Crippen LogP contribution in [0.3, 0.4) is 0 Å². The minimum absolute atomic E-state index is 0.00869. The Morgan fingerprint density at radius 3 is 1.92 bits per heavy atom. The number of nitrogens with zero attached hydrogens (tertiary/aromatic N) is 9. The number of amides is 11. The van der Waals surface area contributed by atoms with Crippen LogP contribution in [-0.2, 0) is 62.3 Å². The highest BCUT2D eigenvalue weighted by molar-refractivity contribution is 6.30. The van der Waals surface area contributed by atoms with Crippen molar-refractivity contribution >= 4 is 94.0 Å². The van der Waals surface area contributed by atoms with E-state index in [4.69, 9.17) is 27.9 Å². The van der Waals surface area contributed by atoms with Gasteiger partial charge < -0.3 is 64.8 Å². The number of allylic oxidation sites excluding steroid dienone is 2. The molecular weight excluding hydrogens is 1430 g/mol. The first-order chi connectivity index (χ1) is 51.8. The third-order valence-electron chi connectivity index (χ3n) is 25.5. The summed E-state index contributed by atoms with van der Waals surface area (Å²) < 4.78 is 6.18. The minimum Gasteiger partial charge on any atom is -0.377 e. The number of likely N-dealkylation sites (N-methyl/N-ethyl adjacent to an activating group) is 6. The molecule has 10 aliphatic rings. The molecule has 0 aromatic carbocycles. The average molecular weight is 1560 g/mol. The van der Waals surface area contributed by atoms with E-state index >= 15 is 47.9 Å². The number of nitrogens with one attached hydrogen (secondary N) is 3. The van der Waals surface area contributed by atoms with E-state index in [-0.39, 0.29) is 105 Å². The Hall–Kier alpha value is -6.18. The van der Waals surface area contributed by atoms with Crippen molar-refractivity contribution in [3.63, 3.8) is 0 Å². The molecular formula is C82H132Cl2N12O13. The number of alkyl halides is 2. The molecule has 3 unspecified atom stereocenters. The number of carbonyl (C=O) groups excluding carboxylic acids is 12. The third kappa shape index (κ3) is 22.6. The first-order valence-electron chi connectivity index (χ1n) is 41.3. The number of ether oxygens (including phenoxy) is 1. The smallest absolute Gasteiger partial charge is 0.248 e. The summed E-state index contributed by atoms with van der Waals surface area (Å²) in [5, 5.41) is 9.33. The summed E-state index contributed by atoms with van der Waals surface area (Å²) in [7, 11) is 9.09. The standard InChI is InChI=1S/C82H132Cl2N12O13/c1-14-53(5)71-78(106)89(9)50-70(100)91(11)64-31-22-19-18-20-25-41-95(77(64)105)67-43-56-35-33-54(34-36-56)28-27-32-63(73(101)86-71)90(10)68(98)46-66(76(104)94-39-23-21-24-40-94)92(12)79(107)72(57(15-2)16-3)93(13)80(108)82(51-81(6,7)52-82)87-74(102)65-45-60(109-17-4)49-96(65)69(99)44-58(85-47-59(97)48-88(8)75(67)103)30-26-29-55-37-38-61(83)62(84)42-55/h19,22,27-28,53-58,60-67,71-72,85H,14-18,20-21,23-26,29-52H2,1-13H3,(H,86,101)(H,87,102)/b22-19-,28-27+/t53-,54?,55?,56?,58-,60+,61?,62?,63-,64-,65-,66-,67-,71-,72-/m0/s1. The van der Waals surface area contributed by atoms with Crippen LogP contribution < -0.4 is 16.0 Å². The SMILES string of the molecule is CCO[C@@H]1C[C@H]2C(=O)NC3(CC(C)(C)C3)C(=O)N(C)[C@@H](C(CC)CC)C(=O)N(C)[C@H](C(=O)N3CCCCC3)CC(=O)N(C)[C@H]3C/C=C/C4CCC(CC4)C[C@@H](C(=O)N(C)CC(=O)CN[C@@H](CCCC4CCC(Cl)C(Cl)C4)CC(=O)N2C1)N1CCCC/C=C\C[C@@H](C1=O)N(C)C(=O)CN(C)C(=O)[C@H]([C@@H](C)CC)NC3=O. The van der Waals surface area contributed by atoms with Crippen molar-refractivity contribution in [1.29, 1.82) is 0 Å². The number of piperidine rings is 1. The third-order valence-corrected chi connectivity index (χ3v) is 26.7. The van der Waals surface area contributed by atoms with Crippen LogP contribution in [0.2, 0.25) is 0 Å². The maximum absolute atomic E-state index is 16.0. The average Bonchev–Trinajstić information content (AvgIpc) is 1.28. The van der Waals surface area contributed by atoms with Crippen molar-refractivity contribution in [3.05, 3.63) is 24.3 Å². The summed E-state index contributed by atoms with van der Waals surface area (Å²) in [6.45, 7) is 13.7. The van der Waals surface area contributed by atoms with E-state index in [1.165, 1.54) is 62.5 Å². The van der Waals surface area contributed by atoms with Crippen LogP contribution in [0, 0.1) is 35.0 Å². The fraction of sp³-hybridized carbons (Fsp3) is 0.805. The van der Waals surface area contributed by atoms with Crippen LogP contribution in [0.25, 0.3) is 0 Å². The highest BCUT2D eigenvalue weighted by Crippen LogP contribution is 2.50. The van der Waals surface area contributed by atoms with Gasteiger partial charge in [0.25, 0.3) is 0 Å². The molecule has 0 aromatic heterocycles. The molecule has 612 valence electrons. The molecule has 0 radical (unpaired) electrons. The molecule has 109 heavy (non-hydrogen) atoms. The lowest BCUT2D eigenvalue weighted by Gasteiger charge is -2.54. The van der Waals surface area contributed by atoms with Gasteiger partial charge in [0.15, 0.2) is 5.78 Å². The lowest BCUT2D eigenvalue weighted by molar-refractivity contribution is -0.161. The van der Waals surface area contributed by atoms with Gasteiger partial charge in [-0.15, -0.1) is 23.2 Å². The van der Waals surface area contributed by atoms with E-state index in [1.54, 1.807) is 23.9 Å². The minimum atomic E-state index is -1.54. The Labute approximate surface area is 659 Å². The maximum Gasteiger partial charge on any atom is 0.248 e. The lowest BCUT2D eigenvalue weighted by Crippen LogP contribution is -2.71. The largest absolute Gasteiger partial charge is 0.377 e. The van der Waals surface area contributed by atoms with Crippen molar-refractivity contribution in [1.82, 2.24) is 60.0 Å². The summed E-state index contributed by atoms with van der Waals surface area (Å²) in [6, 6.07) is -8.84. The Balaban J connectivity index is 1.24. The van der Waals surface area contributed by atoms with E-state index in [0.717, 1.165) is 38.5 Å². The van der Waals surface area contributed by atoms with Gasteiger partial charge in [0, 0.05) is 99.3 Å². The van der Waals surface area contributed by atoms with Gasteiger partial charge in [0.05, 0.1) is 37.5 Å². The molecule has 13 atom stereocenters. The number of hydrogen-bond donors (Lipinski definition) is 3. The van der Waals surface area contributed by atoms with Gasteiger partial charge in [-0.1, -0.05) is 98.0 Å². The number of likely N-dealkylation sites (tertiary alicyclic amines) is 1. The van der Waals surface area contributed by atoms with Gasteiger partial charge in [0.2, 0.25) is 65.0 Å². The van der Waals surface area contributed by atoms with E-state index in [1.807, 2.05) is 72.8 Å². The molecule has 7 aliphatic heterocycles. The van der Waals surface area contributed by atoms with Crippen LogP contribution in [0.15, 0.2) is 24.3 Å². The molecule has 10 rings (SSSR count). The van der Waals surface area contributed by atoms with Gasteiger partial charge in [-0.25, -0.2) is 0 Å². The zero-order chi connectivity index (χ0) is 79.8. The van der Waals surface area contributed by atoms with E-state index in [0.29, 0.717) is 109 Å². The lowest BCUT2D eigenvalue weighted by atomic mass is 9.58. The Bertz CT molecular complexity index is 3240. The second-order valence-corrected chi connectivity index (χ2v) is 35.3. The van der Waals surface area contributed by atoms with E-state index < -0.39 is 149 Å². The molecule has 3 saturated carbocycles. The monoisotopic (exact) mass is 1560 g/mol. The first-order valence-corrected chi connectivity index (χ1v) is 42.2. The molecule has 1 spiro atoms. The van der Waals surface area contributed by atoms with Crippen LogP contribution in [0.1, 0.15) is 222 Å². The fourth-order valence-electron chi connectivity index (χ4n) is 18.7. The number of ketones is 1. The second-order valence-electron chi connectivity index (χ2n) is 34.2. The van der Waals surface area contributed by atoms with Crippen LogP contribution in [0.4, 0.5) is 0 Å². The number of rotatable bonds is 12. The van der Waals surface area contributed by atoms with Crippen LogP contribution in [0.5, 0.6) is 0 Å². The molecule has 3 aliphatic carbocycles. The summed E-state index contributed by atoms with van der Waals surface area (Å²) >= 11 is 13.3. The molecule has 25 nitrogen and oxygen atoms in total. The fourth-order valence-corrected chi connectivity index (χ4v) is 19.3. The highest BCUT2D eigenvalue weighted by atomic mass is 35.5. The Morgan fingerprint density at radius 1 is 0.606 bits per heavy atom. The molecule has 3 N–H and O–H groups in total. The Kier molecular flexibility index (Phi) is 32.9. The number of hydrogen-bond acceptors (Lipinski definition) is 14. The molecule has 6 bridgehead atoms. The topological polar surface area (TPSA) is 279 Å². The predicted molar refractivity (Wildman–Crippen MR) is 420 cm³/mol. The summed E-state index contributed by atoms with van der Waals surface area (Å²) in [4.78, 5) is 198. The molecule has 5 fully saturated rings. The predicted octanol–water partition coefficient (Wildman–Crippen LogP) is 7.86. The molecule has 7 heterocycles. The van der Waals surface area contributed by atoms with Crippen molar-refractivity contribution in [3.8, 4) is 0 Å². The number of Topliss-reactive ketones (excluding diaryl/α,β-unsaturated/α-hetero) is 1. The Morgan fingerprint density at radius 2 is 1.27 bits per heavy atom. The van der Waals surface area contributed by atoms with Crippen molar-refractivity contribution < 1.29 is 62.3 Å². The van der Waals surface area contributed by atoms with Crippen LogP contribution >= 0.6 is 23.2 Å². The van der Waals surface area contributed by atoms with Gasteiger partial charge >= 0.3 is 0 Å². The quantitative estimate of drug-likeness (QED) is 0.0953. The van der Waals surface area contributed by atoms with Crippen molar-refractivity contribution in [2.75, 3.05) is 94.7 Å². The molecule has 2 saturated heterocycles. The van der Waals surface area contributed by atoms with Crippen molar-refractivity contribution in [2.24, 2.45) is 35.0 Å². The maximum atomic E-state index is 16.0. The number of carbonyl (C=O) groups is 12. The number of fused-ring (bicyclic) bond motifs is 24. The molecule has 11 amide bonds. The van der Waals surface area contributed by atoms with Crippen LogP contribution in [-0.4, -0.2) is 280 Å². The van der Waals surface area contributed by atoms with Crippen molar-refractivity contribution in [2.45, 2.75) is 293 Å². The summed E-state index contributed by atoms with van der Waals surface area (Å²) in [5.41, 5.74) is -1.99. The number of halogens is 2. The molecule has 27 heteroatoms. The highest BCUT2D eigenvalue weighted by Gasteiger charge is 2.59. The normalized spacial score (nSPS) is 32.5.